The molecule has 1 aliphatic carbocycles. The molecule has 5 nitrogen and oxygen atoms in total. The SMILES string of the molecule is CCCCC[C@H](/C=C/[C@@H]1[C@H](CC#CCCCCO[Si](CC)(CC)CC)[C@@H](O[Si](CC)(CC)CC)C[C@H]1O[Si](C)(C)C(C)(C)C)ON1C(C)(C)CCCC1(C)C. The Morgan fingerprint density at radius 2 is 1.33 bits per heavy atom. The number of nitrogens with zero attached hydrogens (tertiary/aromatic N) is 1. The van der Waals surface area contributed by atoms with Crippen LogP contribution in [0.3, 0.4) is 0 Å². The Balaban J connectivity index is 2.50. The first-order chi connectivity index (χ1) is 25.7. The first-order valence-corrected chi connectivity index (χ1v) is 31.3. The Morgan fingerprint density at radius 3 is 1.85 bits per heavy atom. The van der Waals surface area contributed by atoms with E-state index in [-0.39, 0.29) is 40.3 Å². The summed E-state index contributed by atoms with van der Waals surface area (Å²) in [6.07, 6.45) is 18.5. The molecule has 5 atom stereocenters. The van der Waals surface area contributed by atoms with E-state index in [4.69, 9.17) is 18.1 Å². The summed E-state index contributed by atoms with van der Waals surface area (Å²) in [5.41, 5.74) is 0.00913. The van der Waals surface area contributed by atoms with Gasteiger partial charge >= 0.3 is 0 Å². The number of hydroxylamine groups is 2. The van der Waals surface area contributed by atoms with Gasteiger partial charge in [-0.05, 0) is 127 Å². The minimum atomic E-state index is -2.05. The van der Waals surface area contributed by atoms with Crippen LogP contribution in [0.5, 0.6) is 0 Å². The average molecular weight is 821 g/mol. The largest absolute Gasteiger partial charge is 0.417 e. The highest BCUT2D eigenvalue weighted by atomic mass is 28.4. The third-order valence-electron chi connectivity index (χ3n) is 14.5. The highest BCUT2D eigenvalue weighted by Gasteiger charge is 2.50. The quantitative estimate of drug-likeness (QED) is 0.0420. The van der Waals surface area contributed by atoms with Crippen molar-refractivity contribution in [2.75, 3.05) is 6.61 Å². The lowest BCUT2D eigenvalue weighted by Crippen LogP contribution is -2.59. The lowest BCUT2D eigenvalue weighted by molar-refractivity contribution is -0.297. The van der Waals surface area contributed by atoms with Crippen LogP contribution >= 0.6 is 0 Å². The second kappa shape index (κ2) is 22.9. The molecule has 0 spiro atoms. The van der Waals surface area contributed by atoms with Gasteiger partial charge in [0.1, 0.15) is 0 Å². The lowest BCUT2D eigenvalue weighted by atomic mass is 9.82. The zero-order valence-corrected chi connectivity index (χ0v) is 42.6. The van der Waals surface area contributed by atoms with Crippen LogP contribution in [0.2, 0.25) is 54.4 Å². The molecular formula is C47H93NO4Si3. The third kappa shape index (κ3) is 14.8. The Labute approximate surface area is 347 Å². The van der Waals surface area contributed by atoms with Crippen molar-refractivity contribution in [1.82, 2.24) is 5.06 Å². The molecule has 2 aliphatic rings. The molecule has 0 radical (unpaired) electrons. The Kier molecular flexibility index (Phi) is 21.2. The van der Waals surface area contributed by atoms with Gasteiger partial charge in [0, 0.05) is 42.4 Å². The first-order valence-electron chi connectivity index (χ1n) is 23.4. The van der Waals surface area contributed by atoms with E-state index >= 15 is 0 Å². The summed E-state index contributed by atoms with van der Waals surface area (Å²) < 4.78 is 21.5. The smallest absolute Gasteiger partial charge is 0.192 e. The van der Waals surface area contributed by atoms with E-state index in [0.29, 0.717) is 5.92 Å². The van der Waals surface area contributed by atoms with Crippen molar-refractivity contribution in [3.63, 3.8) is 0 Å². The molecule has 0 aromatic carbocycles. The van der Waals surface area contributed by atoms with E-state index in [1.807, 2.05) is 0 Å². The molecular weight excluding hydrogens is 727 g/mol. The van der Waals surface area contributed by atoms with Gasteiger partial charge in [-0.2, -0.15) is 5.06 Å². The fraction of sp³-hybridized carbons (Fsp3) is 0.915. The van der Waals surface area contributed by atoms with Crippen LogP contribution < -0.4 is 0 Å². The van der Waals surface area contributed by atoms with E-state index in [9.17, 15) is 0 Å². The van der Waals surface area contributed by atoms with E-state index in [1.165, 1.54) is 43.8 Å². The Bertz CT molecular complexity index is 1140. The first kappa shape index (κ1) is 50.9. The summed E-state index contributed by atoms with van der Waals surface area (Å²) >= 11 is 0. The third-order valence-corrected chi connectivity index (χ3v) is 28.4. The Hall–Kier alpha value is -0.249. The summed E-state index contributed by atoms with van der Waals surface area (Å²) in [7, 11) is -5.43. The number of hydrogen-bond acceptors (Lipinski definition) is 5. The normalized spacial score (nSPS) is 24.3. The van der Waals surface area contributed by atoms with E-state index in [0.717, 1.165) is 76.1 Å². The van der Waals surface area contributed by atoms with Gasteiger partial charge in [0.25, 0.3) is 0 Å². The predicted octanol–water partition coefficient (Wildman–Crippen LogP) is 14.5. The summed E-state index contributed by atoms with van der Waals surface area (Å²) in [5, 5.41) is 2.51. The van der Waals surface area contributed by atoms with Crippen molar-refractivity contribution in [3.05, 3.63) is 12.2 Å². The number of unbranched alkanes of at least 4 members (excludes halogenated alkanes) is 4. The van der Waals surface area contributed by atoms with E-state index in [1.54, 1.807) is 0 Å². The van der Waals surface area contributed by atoms with Crippen molar-refractivity contribution in [1.29, 1.82) is 0 Å². The molecule has 1 saturated carbocycles. The van der Waals surface area contributed by atoms with Gasteiger partial charge < -0.3 is 13.3 Å². The number of rotatable bonds is 24. The molecule has 322 valence electrons. The van der Waals surface area contributed by atoms with Crippen LogP contribution in [0.1, 0.15) is 174 Å². The molecule has 2 fully saturated rings. The highest BCUT2D eigenvalue weighted by molar-refractivity contribution is 6.74. The second-order valence-electron chi connectivity index (χ2n) is 20.2. The molecule has 55 heavy (non-hydrogen) atoms. The van der Waals surface area contributed by atoms with E-state index in [2.05, 4.69) is 139 Å². The van der Waals surface area contributed by atoms with Crippen molar-refractivity contribution in [3.8, 4) is 11.8 Å². The molecule has 1 saturated heterocycles. The predicted molar refractivity (Wildman–Crippen MR) is 247 cm³/mol. The second-order valence-corrected chi connectivity index (χ2v) is 34.5. The van der Waals surface area contributed by atoms with Gasteiger partial charge in [-0.15, -0.1) is 11.8 Å². The van der Waals surface area contributed by atoms with Crippen molar-refractivity contribution in [2.24, 2.45) is 11.8 Å². The minimum Gasteiger partial charge on any atom is -0.417 e. The van der Waals surface area contributed by atoms with Crippen LogP contribution in [-0.2, 0) is 18.1 Å². The molecule has 2 rings (SSSR count). The Morgan fingerprint density at radius 1 is 0.745 bits per heavy atom. The molecule has 0 bridgehead atoms. The van der Waals surface area contributed by atoms with Gasteiger partial charge in [0.2, 0.25) is 0 Å². The van der Waals surface area contributed by atoms with Gasteiger partial charge in [-0.25, -0.2) is 0 Å². The molecule has 0 aromatic rings. The van der Waals surface area contributed by atoms with Crippen LogP contribution in [0.4, 0.5) is 0 Å². The van der Waals surface area contributed by atoms with Gasteiger partial charge in [-0.3, -0.25) is 4.84 Å². The maximum atomic E-state index is 7.48. The highest BCUT2D eigenvalue weighted by Crippen LogP contribution is 2.47. The topological polar surface area (TPSA) is 40.2 Å². The zero-order chi connectivity index (χ0) is 41.6. The van der Waals surface area contributed by atoms with Crippen LogP contribution in [0, 0.1) is 23.7 Å². The number of hydrogen-bond donors (Lipinski definition) is 0. The van der Waals surface area contributed by atoms with Crippen molar-refractivity contribution >= 4 is 25.0 Å². The molecule has 0 amide bonds. The fourth-order valence-electron chi connectivity index (χ4n) is 9.12. The summed E-state index contributed by atoms with van der Waals surface area (Å²) in [6.45, 7) is 38.7. The van der Waals surface area contributed by atoms with Crippen LogP contribution in [0.25, 0.3) is 0 Å². The fourth-order valence-corrected chi connectivity index (χ4v) is 16.1. The van der Waals surface area contributed by atoms with Crippen LogP contribution in [0.15, 0.2) is 12.2 Å². The molecule has 0 aromatic heterocycles. The summed E-state index contributed by atoms with van der Waals surface area (Å²) in [4.78, 5) is 7.16. The van der Waals surface area contributed by atoms with Gasteiger partial charge in [0.15, 0.2) is 25.0 Å². The molecule has 8 heteroatoms. The number of piperidine rings is 1. The standard InChI is InChI=1S/C47H93NO4Si3/c1-17-24-28-32-40(50-48-46(11,12)36-31-37-47(48,13)14)34-35-42-41(33-29-26-25-27-30-38-49-54(18-2,19-3)20-4)44(52-55(21-5,22-6)23-7)39-43(42)51-53(15,16)45(8,9)10/h34-35,40-44H,17-25,27-28,30-33,36-39H2,1-16H3/b35-34+/t40-,41+,42-,43-,44+/m1/s1. The molecule has 0 unspecified atom stereocenters. The van der Waals surface area contributed by atoms with Gasteiger partial charge in [-0.1, -0.05) is 101 Å². The molecule has 1 aliphatic heterocycles. The lowest BCUT2D eigenvalue weighted by Gasteiger charge is -2.52. The summed E-state index contributed by atoms with van der Waals surface area (Å²) in [6, 6.07) is 7.16. The van der Waals surface area contributed by atoms with Crippen molar-refractivity contribution in [2.45, 2.75) is 258 Å². The van der Waals surface area contributed by atoms with E-state index < -0.39 is 25.0 Å². The maximum Gasteiger partial charge on any atom is 0.192 e. The average Bonchev–Trinajstić information content (AvgIpc) is 3.43. The minimum absolute atomic E-state index is 0.00457. The zero-order valence-electron chi connectivity index (χ0n) is 39.6. The summed E-state index contributed by atoms with van der Waals surface area (Å²) in [5.74, 6) is 7.92. The van der Waals surface area contributed by atoms with Crippen LogP contribution in [-0.4, -0.2) is 66.0 Å². The monoisotopic (exact) mass is 820 g/mol. The van der Waals surface area contributed by atoms with Crippen molar-refractivity contribution < 1.29 is 18.1 Å². The van der Waals surface area contributed by atoms with Gasteiger partial charge in [0.05, 0.1) is 18.3 Å². The molecule has 0 N–H and O–H groups in total. The molecule has 1 heterocycles. The maximum absolute atomic E-state index is 7.48.